The van der Waals surface area contributed by atoms with E-state index in [2.05, 4.69) is 16.9 Å². The molecule has 0 bridgehead atoms. The van der Waals surface area contributed by atoms with Gasteiger partial charge in [0.05, 0.1) is 27.8 Å². The van der Waals surface area contributed by atoms with E-state index in [1.807, 2.05) is 0 Å². The van der Waals surface area contributed by atoms with Crippen LogP contribution in [0.25, 0.3) is 10.2 Å². The third kappa shape index (κ3) is 6.54. The number of amides is 2. The van der Waals surface area contributed by atoms with Crippen molar-refractivity contribution in [2.24, 2.45) is 4.99 Å². The number of ether oxygens (including phenoxy) is 1. The summed E-state index contributed by atoms with van der Waals surface area (Å²) in [5.74, 6) is -4.49. The summed E-state index contributed by atoms with van der Waals surface area (Å²) in [6.45, 7) is 3.89. The van der Waals surface area contributed by atoms with Crippen molar-refractivity contribution in [2.45, 2.75) is 38.6 Å². The predicted molar refractivity (Wildman–Crippen MR) is 151 cm³/mol. The van der Waals surface area contributed by atoms with E-state index >= 15 is 0 Å². The summed E-state index contributed by atoms with van der Waals surface area (Å²) >= 11 is 2.23. The third-order valence-corrected chi connectivity index (χ3v) is 9.80. The van der Waals surface area contributed by atoms with Gasteiger partial charge in [-0.1, -0.05) is 23.8 Å². The molecule has 1 aliphatic rings. The van der Waals surface area contributed by atoms with Crippen LogP contribution in [0.1, 0.15) is 40.1 Å². The predicted octanol–water partition coefficient (Wildman–Crippen LogP) is 3.39. The molecule has 40 heavy (non-hydrogen) atoms. The second-order valence-corrected chi connectivity index (χ2v) is 13.2. The number of thiazole rings is 1. The maximum Gasteiger partial charge on any atom is 0.341 e. The molecule has 1 aromatic carbocycles. The first-order valence-electron chi connectivity index (χ1n) is 12.2. The number of aromatic nitrogens is 1. The monoisotopic (exact) mass is 606 g/mol. The number of hydrogen-bond acceptors (Lipinski definition) is 10. The molecule has 12 nitrogen and oxygen atoms in total. The number of non-ortho nitro benzene ring substituents is 1. The van der Waals surface area contributed by atoms with Crippen LogP contribution in [0, 0.1) is 10.1 Å². The van der Waals surface area contributed by atoms with Crippen molar-refractivity contribution in [2.75, 3.05) is 23.9 Å². The molecular formula is C25H26N4O8S3. The largest absolute Gasteiger partial charge is 0.465 e. The molecule has 1 aliphatic carbocycles. The van der Waals surface area contributed by atoms with Gasteiger partial charge in [0.2, 0.25) is 5.91 Å². The van der Waals surface area contributed by atoms with Crippen LogP contribution in [0.2, 0.25) is 0 Å². The Morgan fingerprint density at radius 3 is 2.65 bits per heavy atom. The Morgan fingerprint density at radius 1 is 1.20 bits per heavy atom. The second-order valence-electron chi connectivity index (χ2n) is 9.04. The minimum atomic E-state index is -4.22. The number of hydrogen-bond donors (Lipinski definition) is 1. The van der Waals surface area contributed by atoms with Crippen LogP contribution in [0.15, 0.2) is 35.8 Å². The number of aryl methyl sites for hydroxylation is 1. The quantitative estimate of drug-likeness (QED) is 0.127. The number of fused-ring (bicyclic) bond motifs is 2. The Morgan fingerprint density at radius 2 is 1.95 bits per heavy atom. The number of thiophene rings is 1. The van der Waals surface area contributed by atoms with E-state index in [1.165, 1.54) is 36.6 Å². The number of nitrogens with zero attached hydrogens (tertiary/aromatic N) is 3. The number of nitro groups is 1. The molecule has 0 saturated carbocycles. The van der Waals surface area contributed by atoms with Gasteiger partial charge in [-0.3, -0.25) is 19.7 Å². The Bertz CT molecular complexity index is 1700. The number of anilines is 1. The highest BCUT2D eigenvalue weighted by molar-refractivity contribution is 7.92. The Kier molecular flexibility index (Phi) is 8.95. The molecule has 0 atom stereocenters. The van der Waals surface area contributed by atoms with Gasteiger partial charge in [-0.2, -0.15) is 4.99 Å². The number of nitrogens with one attached hydrogen (secondary N) is 1. The summed E-state index contributed by atoms with van der Waals surface area (Å²) in [7, 11) is -2.98. The molecule has 0 unspecified atom stereocenters. The minimum Gasteiger partial charge on any atom is -0.465 e. The molecule has 0 saturated heterocycles. The van der Waals surface area contributed by atoms with Gasteiger partial charge in [-0.05, 0) is 37.3 Å². The molecule has 0 radical (unpaired) electrons. The summed E-state index contributed by atoms with van der Waals surface area (Å²) in [6, 6.07) is 4.18. The molecule has 2 heterocycles. The lowest BCUT2D eigenvalue weighted by atomic mass is 10.1. The smallest absolute Gasteiger partial charge is 0.341 e. The summed E-state index contributed by atoms with van der Waals surface area (Å²) in [5, 5.41) is 13.9. The Labute approximate surface area is 237 Å². The second kappa shape index (κ2) is 12.2. The van der Waals surface area contributed by atoms with Gasteiger partial charge >= 0.3 is 5.97 Å². The third-order valence-electron chi connectivity index (χ3n) is 6.17. The van der Waals surface area contributed by atoms with E-state index in [0.717, 1.165) is 47.5 Å². The highest BCUT2D eigenvalue weighted by atomic mass is 32.2. The zero-order valence-corrected chi connectivity index (χ0v) is 24.0. The summed E-state index contributed by atoms with van der Waals surface area (Å²) in [6.07, 6.45) is 5.83. The van der Waals surface area contributed by atoms with Crippen molar-refractivity contribution in [3.63, 3.8) is 0 Å². The molecule has 0 spiro atoms. The first kappa shape index (κ1) is 29.3. The number of carbonyl (C=O) groups excluding carboxylic acids is 3. The zero-order chi connectivity index (χ0) is 29.0. The fraction of sp³-hybridized carbons (Fsp3) is 0.360. The molecule has 0 fully saturated rings. The minimum absolute atomic E-state index is 0.136. The first-order valence-corrected chi connectivity index (χ1v) is 15.7. The van der Waals surface area contributed by atoms with Crippen LogP contribution < -0.4 is 10.1 Å². The van der Waals surface area contributed by atoms with E-state index in [1.54, 1.807) is 10.6 Å². The number of esters is 1. The molecule has 15 heteroatoms. The van der Waals surface area contributed by atoms with Crippen molar-refractivity contribution in [1.29, 1.82) is 0 Å². The van der Waals surface area contributed by atoms with Crippen LogP contribution in [-0.4, -0.2) is 54.3 Å². The lowest BCUT2D eigenvalue weighted by Gasteiger charge is -2.07. The molecule has 2 amide bonds. The average Bonchev–Trinajstić information content (AvgIpc) is 3.29. The fourth-order valence-corrected chi connectivity index (χ4v) is 7.85. The Hall–Kier alpha value is -3.69. The van der Waals surface area contributed by atoms with Gasteiger partial charge in [-0.15, -0.1) is 17.9 Å². The number of sulfone groups is 1. The van der Waals surface area contributed by atoms with Gasteiger partial charge in [0.1, 0.15) is 16.5 Å². The van der Waals surface area contributed by atoms with Crippen LogP contribution in [0.3, 0.4) is 0 Å². The molecule has 4 rings (SSSR count). The fourth-order valence-electron chi connectivity index (χ4n) is 4.46. The summed E-state index contributed by atoms with van der Waals surface area (Å²) < 4.78 is 32.4. The zero-order valence-electron chi connectivity index (χ0n) is 21.5. The molecule has 212 valence electrons. The molecule has 2 aromatic heterocycles. The van der Waals surface area contributed by atoms with Crippen LogP contribution in [0.5, 0.6) is 0 Å². The van der Waals surface area contributed by atoms with Crippen molar-refractivity contribution < 1.29 is 32.5 Å². The lowest BCUT2D eigenvalue weighted by Crippen LogP contribution is -2.28. The topological polar surface area (TPSA) is 167 Å². The standard InChI is InChI=1S/C25H26N4O8S3/c1-3-11-28-17-10-9-15(29(33)34)12-19(17)39-25(28)27-21(31)14-40(35,36)13-20(30)26-23-22(24(32)37-2)16-7-5-4-6-8-18(16)38-23/h3,9-10,12H,1,4-8,11,13-14H2,2H3,(H,26,30). The number of allylic oxidation sites excluding steroid dienone is 1. The van der Waals surface area contributed by atoms with Crippen molar-refractivity contribution in [1.82, 2.24) is 4.57 Å². The van der Waals surface area contributed by atoms with Gasteiger partial charge < -0.3 is 14.6 Å². The Balaban J connectivity index is 1.53. The van der Waals surface area contributed by atoms with Gasteiger partial charge in [0.25, 0.3) is 11.6 Å². The number of nitro benzene ring substituents is 1. The summed E-state index contributed by atoms with van der Waals surface area (Å²) in [4.78, 5) is 53.4. The molecule has 3 aromatic rings. The first-order chi connectivity index (χ1) is 19.0. The van der Waals surface area contributed by atoms with Crippen LogP contribution in [0.4, 0.5) is 10.7 Å². The van der Waals surface area contributed by atoms with E-state index in [9.17, 15) is 32.9 Å². The van der Waals surface area contributed by atoms with Gasteiger partial charge in [-0.25, -0.2) is 13.2 Å². The molecular weight excluding hydrogens is 580 g/mol. The van der Waals surface area contributed by atoms with Crippen LogP contribution >= 0.6 is 22.7 Å². The highest BCUT2D eigenvalue weighted by Gasteiger charge is 2.28. The van der Waals surface area contributed by atoms with Crippen molar-refractivity contribution in [3.8, 4) is 0 Å². The normalized spacial score (nSPS) is 13.9. The molecule has 1 N–H and O–H groups in total. The van der Waals surface area contributed by atoms with Crippen molar-refractivity contribution >= 4 is 71.2 Å². The number of rotatable bonds is 9. The average molecular weight is 607 g/mol. The lowest BCUT2D eigenvalue weighted by molar-refractivity contribution is -0.384. The summed E-state index contributed by atoms with van der Waals surface area (Å²) in [5.41, 5.74) is 1.50. The maximum atomic E-state index is 12.7. The van der Waals surface area contributed by atoms with E-state index in [-0.39, 0.29) is 27.6 Å². The number of benzene rings is 1. The van der Waals surface area contributed by atoms with Crippen molar-refractivity contribution in [3.05, 3.63) is 61.8 Å². The van der Waals surface area contributed by atoms with E-state index < -0.39 is 44.0 Å². The number of methoxy groups -OCH3 is 1. The van der Waals surface area contributed by atoms with Gasteiger partial charge in [0, 0.05) is 23.6 Å². The van der Waals surface area contributed by atoms with Gasteiger partial charge in [0.15, 0.2) is 14.6 Å². The maximum absolute atomic E-state index is 12.7. The number of carbonyl (C=O) groups is 3. The van der Waals surface area contributed by atoms with E-state index in [0.29, 0.717) is 16.6 Å². The highest BCUT2D eigenvalue weighted by Crippen LogP contribution is 2.38. The molecule has 0 aliphatic heterocycles. The van der Waals surface area contributed by atoms with E-state index in [4.69, 9.17) is 4.74 Å². The SMILES string of the molecule is C=CCn1c(=NC(=O)CS(=O)(=O)CC(=O)Nc2sc3c(c2C(=O)OC)CCCCC3)sc2cc([N+](=O)[O-])ccc21. The van der Waals surface area contributed by atoms with Crippen LogP contribution in [-0.2, 0) is 43.5 Å².